The van der Waals surface area contributed by atoms with Crippen LogP contribution in [0.25, 0.3) is 0 Å². The van der Waals surface area contributed by atoms with Gasteiger partial charge in [0.05, 0.1) is 0 Å². The molecular formula is C13H19N5O. The first-order chi connectivity index (χ1) is 9.17. The Morgan fingerprint density at radius 1 is 1.32 bits per heavy atom. The molecule has 2 atom stereocenters. The average Bonchev–Trinajstić information content (AvgIpc) is 2.98. The molecule has 0 amide bonds. The number of carbonyl (C=O) groups excluding carboxylic acids is 1. The summed E-state index contributed by atoms with van der Waals surface area (Å²) in [5.41, 5.74) is 0.448. The van der Waals surface area contributed by atoms with Crippen molar-refractivity contribution in [1.82, 2.24) is 15.3 Å². The van der Waals surface area contributed by atoms with Crippen LogP contribution in [0.15, 0.2) is 6.07 Å². The number of aromatic nitrogens is 2. The summed E-state index contributed by atoms with van der Waals surface area (Å²) in [5, 5.41) is 3.42. The van der Waals surface area contributed by atoms with Crippen LogP contribution in [0, 0.1) is 11.8 Å². The fraction of sp³-hybridized carbons (Fsp3) is 0.615. The maximum absolute atomic E-state index is 11.0. The molecule has 3 rings (SSSR count). The fourth-order valence-corrected chi connectivity index (χ4v) is 2.90. The van der Waals surface area contributed by atoms with Gasteiger partial charge in [-0.15, -0.1) is 0 Å². The second kappa shape index (κ2) is 4.77. The van der Waals surface area contributed by atoms with Gasteiger partial charge in [0.2, 0.25) is 5.95 Å². The van der Waals surface area contributed by atoms with Crippen LogP contribution < -0.4 is 15.1 Å². The summed E-state index contributed by atoms with van der Waals surface area (Å²) >= 11 is 0. The van der Waals surface area contributed by atoms with Crippen LogP contribution in [0.1, 0.15) is 10.5 Å². The minimum absolute atomic E-state index is 0.448. The highest BCUT2D eigenvalue weighted by Gasteiger charge is 2.36. The number of aldehydes is 1. The zero-order valence-corrected chi connectivity index (χ0v) is 11.3. The van der Waals surface area contributed by atoms with E-state index in [4.69, 9.17) is 0 Å². The van der Waals surface area contributed by atoms with Gasteiger partial charge < -0.3 is 15.1 Å². The Kier molecular flexibility index (Phi) is 3.10. The molecule has 1 aromatic heterocycles. The molecule has 0 aromatic carbocycles. The first-order valence-corrected chi connectivity index (χ1v) is 6.64. The lowest BCUT2D eigenvalue weighted by molar-refractivity contribution is 0.111. The van der Waals surface area contributed by atoms with Gasteiger partial charge in [-0.25, -0.2) is 4.98 Å². The highest BCUT2D eigenvalue weighted by atomic mass is 16.1. The zero-order chi connectivity index (χ0) is 13.4. The molecule has 19 heavy (non-hydrogen) atoms. The van der Waals surface area contributed by atoms with Crippen LogP contribution in [0.5, 0.6) is 0 Å². The van der Waals surface area contributed by atoms with Crippen molar-refractivity contribution in [3.8, 4) is 0 Å². The van der Waals surface area contributed by atoms with Crippen LogP contribution >= 0.6 is 0 Å². The summed E-state index contributed by atoms with van der Waals surface area (Å²) in [6.45, 7) is 4.21. The number of nitrogens with one attached hydrogen (secondary N) is 1. The van der Waals surface area contributed by atoms with Crippen molar-refractivity contribution in [1.29, 1.82) is 0 Å². The molecule has 2 unspecified atom stereocenters. The molecule has 6 nitrogen and oxygen atoms in total. The Labute approximate surface area is 112 Å². The Morgan fingerprint density at radius 2 is 2.00 bits per heavy atom. The molecule has 2 aliphatic rings. The van der Waals surface area contributed by atoms with Gasteiger partial charge in [-0.1, -0.05) is 0 Å². The molecule has 2 aliphatic heterocycles. The van der Waals surface area contributed by atoms with E-state index in [-0.39, 0.29) is 0 Å². The molecule has 102 valence electrons. The first-order valence-electron chi connectivity index (χ1n) is 6.64. The second-order valence-electron chi connectivity index (χ2n) is 5.55. The molecule has 2 saturated heterocycles. The Balaban J connectivity index is 1.88. The van der Waals surface area contributed by atoms with Gasteiger partial charge in [0, 0.05) is 46.3 Å². The van der Waals surface area contributed by atoms with E-state index >= 15 is 0 Å². The maximum Gasteiger partial charge on any atom is 0.227 e. The number of hydrogen-bond donors (Lipinski definition) is 1. The lowest BCUT2D eigenvalue weighted by Gasteiger charge is -2.20. The summed E-state index contributed by atoms with van der Waals surface area (Å²) in [7, 11) is 3.77. The number of rotatable bonds is 3. The van der Waals surface area contributed by atoms with E-state index in [1.165, 1.54) is 0 Å². The third kappa shape index (κ3) is 2.28. The molecule has 0 aliphatic carbocycles. The molecule has 1 aromatic rings. The van der Waals surface area contributed by atoms with E-state index in [0.29, 0.717) is 23.5 Å². The predicted molar refractivity (Wildman–Crippen MR) is 73.8 cm³/mol. The lowest BCUT2D eigenvalue weighted by Crippen LogP contribution is -2.27. The molecule has 0 bridgehead atoms. The Morgan fingerprint density at radius 3 is 2.58 bits per heavy atom. The molecule has 0 radical (unpaired) electrons. The van der Waals surface area contributed by atoms with Gasteiger partial charge in [0.1, 0.15) is 11.5 Å². The third-order valence-electron chi connectivity index (χ3n) is 3.95. The number of nitrogens with zero attached hydrogens (tertiary/aromatic N) is 4. The number of carbonyl (C=O) groups is 1. The summed E-state index contributed by atoms with van der Waals surface area (Å²) < 4.78 is 0. The van der Waals surface area contributed by atoms with Crippen molar-refractivity contribution in [2.45, 2.75) is 0 Å². The highest BCUT2D eigenvalue weighted by molar-refractivity contribution is 5.74. The zero-order valence-electron chi connectivity index (χ0n) is 11.3. The molecule has 0 saturated carbocycles. The molecular weight excluding hydrogens is 242 g/mol. The van der Waals surface area contributed by atoms with Crippen molar-refractivity contribution < 1.29 is 4.79 Å². The smallest absolute Gasteiger partial charge is 0.227 e. The largest absolute Gasteiger partial charge is 0.356 e. The van der Waals surface area contributed by atoms with Gasteiger partial charge in [-0.3, -0.25) is 4.79 Å². The Hall–Kier alpha value is -1.69. The normalized spacial score (nSPS) is 25.5. The SMILES string of the molecule is CN(C)c1nc(C=O)cc(N2CC3CNCC3C2)n1. The first kappa shape index (κ1) is 12.3. The van der Waals surface area contributed by atoms with Crippen LogP contribution in [-0.2, 0) is 0 Å². The minimum atomic E-state index is 0.448. The number of fused-ring (bicyclic) bond motifs is 1. The van der Waals surface area contributed by atoms with E-state index < -0.39 is 0 Å². The van der Waals surface area contributed by atoms with Crippen molar-refractivity contribution in [2.24, 2.45) is 11.8 Å². The van der Waals surface area contributed by atoms with Crippen LogP contribution in [0.3, 0.4) is 0 Å². The van der Waals surface area contributed by atoms with Gasteiger partial charge >= 0.3 is 0 Å². The topological polar surface area (TPSA) is 61.4 Å². The van der Waals surface area contributed by atoms with Crippen LogP contribution in [0.4, 0.5) is 11.8 Å². The lowest BCUT2D eigenvalue weighted by atomic mass is 10.0. The van der Waals surface area contributed by atoms with Gasteiger partial charge in [0.25, 0.3) is 0 Å². The Bertz CT molecular complexity index is 478. The second-order valence-corrected chi connectivity index (χ2v) is 5.55. The summed E-state index contributed by atoms with van der Waals surface area (Å²) in [6, 6.07) is 1.79. The van der Waals surface area contributed by atoms with E-state index in [9.17, 15) is 4.79 Å². The van der Waals surface area contributed by atoms with Crippen molar-refractivity contribution in [3.63, 3.8) is 0 Å². The fourth-order valence-electron chi connectivity index (χ4n) is 2.90. The minimum Gasteiger partial charge on any atom is -0.356 e. The van der Waals surface area contributed by atoms with E-state index in [0.717, 1.165) is 38.3 Å². The summed E-state index contributed by atoms with van der Waals surface area (Å²) in [5.74, 6) is 2.87. The van der Waals surface area contributed by atoms with Gasteiger partial charge in [-0.2, -0.15) is 4.98 Å². The maximum atomic E-state index is 11.0. The molecule has 1 N–H and O–H groups in total. The molecule has 2 fully saturated rings. The van der Waals surface area contributed by atoms with Crippen molar-refractivity contribution >= 4 is 18.1 Å². The van der Waals surface area contributed by atoms with Crippen molar-refractivity contribution in [3.05, 3.63) is 11.8 Å². The van der Waals surface area contributed by atoms with E-state index in [1.54, 1.807) is 6.07 Å². The molecule has 6 heteroatoms. The van der Waals surface area contributed by atoms with E-state index in [1.807, 2.05) is 19.0 Å². The number of anilines is 2. The monoisotopic (exact) mass is 261 g/mol. The summed E-state index contributed by atoms with van der Waals surface area (Å²) in [4.78, 5) is 23.9. The van der Waals surface area contributed by atoms with E-state index in [2.05, 4.69) is 20.2 Å². The highest BCUT2D eigenvalue weighted by Crippen LogP contribution is 2.30. The average molecular weight is 261 g/mol. The van der Waals surface area contributed by atoms with Gasteiger partial charge in [-0.05, 0) is 11.8 Å². The standard InChI is InChI=1S/C13H19N5O/c1-17(2)13-15-11(8-19)3-12(16-13)18-6-9-4-14-5-10(9)7-18/h3,8-10,14H,4-7H2,1-2H3. The third-order valence-corrected chi connectivity index (χ3v) is 3.95. The van der Waals surface area contributed by atoms with Crippen LogP contribution in [0.2, 0.25) is 0 Å². The predicted octanol–water partition coefficient (Wildman–Crippen LogP) is 0.0107. The van der Waals surface area contributed by atoms with Crippen LogP contribution in [-0.4, -0.2) is 56.5 Å². The number of hydrogen-bond acceptors (Lipinski definition) is 6. The van der Waals surface area contributed by atoms with Crippen molar-refractivity contribution in [2.75, 3.05) is 50.1 Å². The molecule has 0 spiro atoms. The van der Waals surface area contributed by atoms with Gasteiger partial charge in [0.15, 0.2) is 6.29 Å². The summed E-state index contributed by atoms with van der Waals surface area (Å²) in [6.07, 6.45) is 0.788. The quantitative estimate of drug-likeness (QED) is 0.774. The molecule has 3 heterocycles.